The molecule has 1 aromatic heterocycles. The number of nitrogens with zero attached hydrogens (tertiary/aromatic N) is 2. The van der Waals surface area contributed by atoms with Gasteiger partial charge >= 0.3 is 0 Å². The molecule has 27 heavy (non-hydrogen) atoms. The quantitative estimate of drug-likeness (QED) is 0.365. The van der Waals surface area contributed by atoms with Crippen molar-refractivity contribution in [3.8, 4) is 33.3 Å². The summed E-state index contributed by atoms with van der Waals surface area (Å²) >= 11 is 7.33. The first-order valence-electron chi connectivity index (χ1n) is 8.33. The molecule has 3 rings (SSSR count). The summed E-state index contributed by atoms with van der Waals surface area (Å²) in [6.07, 6.45) is 0. The Morgan fingerprint density at radius 1 is 1.07 bits per heavy atom. The standard InChI is InChI=1S/C19H17ClN2O4S/c1-3-25-17-8-6-13(10-18(17)26-4-2)19-21-15(11-27-19)12-5-7-14(20)16(9-12)22(23)24/h5-11H,3-4H2,1-2H3. The van der Waals surface area contributed by atoms with Crippen molar-refractivity contribution < 1.29 is 14.4 Å². The maximum atomic E-state index is 11.1. The van der Waals surface area contributed by atoms with E-state index in [1.165, 1.54) is 23.5 Å². The van der Waals surface area contributed by atoms with Gasteiger partial charge in [-0.1, -0.05) is 17.7 Å². The van der Waals surface area contributed by atoms with Gasteiger partial charge in [-0.25, -0.2) is 4.98 Å². The number of hydrogen-bond donors (Lipinski definition) is 0. The van der Waals surface area contributed by atoms with Gasteiger partial charge in [-0.3, -0.25) is 10.1 Å². The summed E-state index contributed by atoms with van der Waals surface area (Å²) in [6.45, 7) is 4.91. The Labute approximate surface area is 165 Å². The first-order chi connectivity index (χ1) is 13.0. The molecule has 6 nitrogen and oxygen atoms in total. The van der Waals surface area contributed by atoms with Gasteiger partial charge in [0, 0.05) is 22.6 Å². The Balaban J connectivity index is 1.95. The van der Waals surface area contributed by atoms with Gasteiger partial charge in [-0.05, 0) is 38.1 Å². The van der Waals surface area contributed by atoms with Gasteiger partial charge in [0.15, 0.2) is 11.5 Å². The zero-order chi connectivity index (χ0) is 19.4. The van der Waals surface area contributed by atoms with E-state index in [0.29, 0.717) is 36.0 Å². The molecule has 0 amide bonds. The van der Waals surface area contributed by atoms with Crippen LogP contribution in [0.3, 0.4) is 0 Å². The summed E-state index contributed by atoms with van der Waals surface area (Å²) in [5, 5.41) is 13.8. The van der Waals surface area contributed by atoms with E-state index >= 15 is 0 Å². The van der Waals surface area contributed by atoms with Crippen LogP contribution in [0.5, 0.6) is 11.5 Å². The molecule has 0 atom stereocenters. The minimum atomic E-state index is -0.500. The molecule has 0 fully saturated rings. The van der Waals surface area contributed by atoms with Crippen molar-refractivity contribution in [3.63, 3.8) is 0 Å². The highest BCUT2D eigenvalue weighted by Gasteiger charge is 2.16. The maximum Gasteiger partial charge on any atom is 0.288 e. The molecule has 0 bridgehead atoms. The van der Waals surface area contributed by atoms with Crippen LogP contribution in [0.2, 0.25) is 5.02 Å². The molecule has 0 saturated carbocycles. The fourth-order valence-electron chi connectivity index (χ4n) is 2.53. The number of halogens is 1. The normalized spacial score (nSPS) is 10.6. The number of hydrogen-bond acceptors (Lipinski definition) is 6. The van der Waals surface area contributed by atoms with Crippen molar-refractivity contribution in [1.29, 1.82) is 0 Å². The van der Waals surface area contributed by atoms with E-state index in [-0.39, 0.29) is 10.7 Å². The number of thiazole rings is 1. The molecular formula is C19H17ClN2O4S. The number of rotatable bonds is 7. The van der Waals surface area contributed by atoms with Gasteiger partial charge in [0.05, 0.1) is 23.8 Å². The molecular weight excluding hydrogens is 388 g/mol. The third-order valence-corrected chi connectivity index (χ3v) is 4.94. The lowest BCUT2D eigenvalue weighted by Gasteiger charge is -2.11. The van der Waals surface area contributed by atoms with Crippen molar-refractivity contribution in [2.75, 3.05) is 13.2 Å². The molecule has 2 aromatic carbocycles. The molecule has 3 aromatic rings. The molecule has 0 aliphatic rings. The SMILES string of the molecule is CCOc1ccc(-c2nc(-c3ccc(Cl)c([N+](=O)[O-])c3)cs2)cc1OCC. The van der Waals surface area contributed by atoms with Crippen LogP contribution < -0.4 is 9.47 Å². The van der Waals surface area contributed by atoms with Gasteiger partial charge < -0.3 is 9.47 Å². The molecule has 0 N–H and O–H groups in total. The van der Waals surface area contributed by atoms with Crippen molar-refractivity contribution in [2.24, 2.45) is 0 Å². The largest absolute Gasteiger partial charge is 0.490 e. The lowest BCUT2D eigenvalue weighted by atomic mass is 10.1. The molecule has 8 heteroatoms. The minimum absolute atomic E-state index is 0.104. The van der Waals surface area contributed by atoms with Gasteiger partial charge in [0.1, 0.15) is 10.0 Å². The summed E-state index contributed by atoms with van der Waals surface area (Å²) in [7, 11) is 0. The summed E-state index contributed by atoms with van der Waals surface area (Å²) in [5.41, 5.74) is 2.05. The van der Waals surface area contributed by atoms with Crippen LogP contribution in [-0.2, 0) is 0 Å². The number of aromatic nitrogens is 1. The van der Waals surface area contributed by atoms with E-state index in [1.807, 2.05) is 37.4 Å². The maximum absolute atomic E-state index is 11.1. The van der Waals surface area contributed by atoms with Crippen LogP contribution in [0, 0.1) is 10.1 Å². The number of benzene rings is 2. The third-order valence-electron chi connectivity index (χ3n) is 3.73. The summed E-state index contributed by atoms with van der Waals surface area (Å²) < 4.78 is 11.2. The Bertz CT molecular complexity index is 974. The van der Waals surface area contributed by atoms with E-state index < -0.39 is 4.92 Å². The molecule has 0 spiro atoms. The smallest absolute Gasteiger partial charge is 0.288 e. The van der Waals surface area contributed by atoms with Crippen LogP contribution in [-0.4, -0.2) is 23.1 Å². The average molecular weight is 405 g/mol. The van der Waals surface area contributed by atoms with Crippen molar-refractivity contribution in [1.82, 2.24) is 4.98 Å². The molecule has 0 unspecified atom stereocenters. The minimum Gasteiger partial charge on any atom is -0.490 e. The molecule has 0 aliphatic heterocycles. The van der Waals surface area contributed by atoms with Gasteiger partial charge in [-0.15, -0.1) is 11.3 Å². The third kappa shape index (κ3) is 4.20. The van der Waals surface area contributed by atoms with Crippen LogP contribution in [0.1, 0.15) is 13.8 Å². The van der Waals surface area contributed by atoms with E-state index in [2.05, 4.69) is 4.98 Å². The highest BCUT2D eigenvalue weighted by molar-refractivity contribution is 7.13. The molecule has 0 aliphatic carbocycles. The Morgan fingerprint density at radius 2 is 1.78 bits per heavy atom. The Morgan fingerprint density at radius 3 is 2.48 bits per heavy atom. The topological polar surface area (TPSA) is 74.5 Å². The van der Waals surface area contributed by atoms with E-state index in [1.54, 1.807) is 6.07 Å². The van der Waals surface area contributed by atoms with Crippen LogP contribution in [0.4, 0.5) is 5.69 Å². The lowest BCUT2D eigenvalue weighted by molar-refractivity contribution is -0.384. The second kappa shape index (κ2) is 8.37. The molecule has 1 heterocycles. The zero-order valence-corrected chi connectivity index (χ0v) is 16.3. The van der Waals surface area contributed by atoms with Crippen LogP contribution in [0.25, 0.3) is 21.8 Å². The number of nitro groups is 1. The Kier molecular flexibility index (Phi) is 5.93. The summed E-state index contributed by atoms with van der Waals surface area (Å²) in [6, 6.07) is 10.3. The van der Waals surface area contributed by atoms with Crippen LogP contribution in [0.15, 0.2) is 41.8 Å². The first-order valence-corrected chi connectivity index (χ1v) is 9.59. The summed E-state index contributed by atoms with van der Waals surface area (Å²) in [5.74, 6) is 1.35. The fraction of sp³-hybridized carbons (Fsp3) is 0.211. The van der Waals surface area contributed by atoms with Gasteiger partial charge in [0.2, 0.25) is 0 Å². The Hall–Kier alpha value is -2.64. The van der Waals surface area contributed by atoms with E-state index in [0.717, 1.165) is 10.6 Å². The van der Waals surface area contributed by atoms with Gasteiger partial charge in [0.25, 0.3) is 5.69 Å². The second-order valence-electron chi connectivity index (χ2n) is 5.49. The lowest BCUT2D eigenvalue weighted by Crippen LogP contribution is -1.98. The van der Waals surface area contributed by atoms with Crippen molar-refractivity contribution >= 4 is 28.6 Å². The van der Waals surface area contributed by atoms with Crippen LogP contribution >= 0.6 is 22.9 Å². The predicted octanol–water partition coefficient (Wildman–Crippen LogP) is 5.84. The van der Waals surface area contributed by atoms with E-state index in [4.69, 9.17) is 21.1 Å². The highest BCUT2D eigenvalue weighted by atomic mass is 35.5. The summed E-state index contributed by atoms with van der Waals surface area (Å²) in [4.78, 5) is 15.2. The van der Waals surface area contributed by atoms with Gasteiger partial charge in [-0.2, -0.15) is 0 Å². The first kappa shape index (κ1) is 19.1. The van der Waals surface area contributed by atoms with E-state index in [9.17, 15) is 10.1 Å². The van der Waals surface area contributed by atoms with Crippen molar-refractivity contribution in [2.45, 2.75) is 13.8 Å². The number of ether oxygens (including phenoxy) is 2. The number of nitro benzene ring substituents is 1. The monoisotopic (exact) mass is 404 g/mol. The molecule has 0 radical (unpaired) electrons. The zero-order valence-electron chi connectivity index (χ0n) is 14.8. The predicted molar refractivity (Wildman–Crippen MR) is 107 cm³/mol. The van der Waals surface area contributed by atoms with Crippen molar-refractivity contribution in [3.05, 3.63) is 56.9 Å². The highest BCUT2D eigenvalue weighted by Crippen LogP contribution is 2.36. The molecule has 0 saturated heterocycles. The average Bonchev–Trinajstić information content (AvgIpc) is 3.14. The molecule has 140 valence electrons. The second-order valence-corrected chi connectivity index (χ2v) is 6.75. The fourth-order valence-corrected chi connectivity index (χ4v) is 3.55.